The van der Waals surface area contributed by atoms with E-state index >= 15 is 0 Å². The summed E-state index contributed by atoms with van der Waals surface area (Å²) < 4.78 is 13.5. The van der Waals surface area contributed by atoms with Crippen molar-refractivity contribution in [3.63, 3.8) is 0 Å². The molecule has 1 aliphatic heterocycles. The molecule has 4 heteroatoms. The maximum atomic E-state index is 13.5. The number of rotatable bonds is 2. The monoisotopic (exact) mass is 243 g/mol. The summed E-state index contributed by atoms with van der Waals surface area (Å²) in [7, 11) is 0. The van der Waals surface area contributed by atoms with Crippen molar-refractivity contribution in [2.24, 2.45) is 0 Å². The van der Waals surface area contributed by atoms with Crippen LogP contribution in [0.15, 0.2) is 18.2 Å². The molecule has 0 unspecified atom stereocenters. The van der Waals surface area contributed by atoms with Crippen molar-refractivity contribution in [3.05, 3.63) is 34.6 Å². The van der Waals surface area contributed by atoms with E-state index in [9.17, 15) is 9.50 Å². The second-order valence-corrected chi connectivity index (χ2v) is 4.70. The normalized spacial score (nSPS) is 22.3. The van der Waals surface area contributed by atoms with Crippen molar-refractivity contribution in [3.8, 4) is 0 Å². The summed E-state index contributed by atoms with van der Waals surface area (Å²) in [5, 5.41) is 9.93. The van der Waals surface area contributed by atoms with Gasteiger partial charge in [-0.25, -0.2) is 4.39 Å². The fourth-order valence-electron chi connectivity index (χ4n) is 2.07. The molecule has 0 aromatic heterocycles. The van der Waals surface area contributed by atoms with Gasteiger partial charge in [0, 0.05) is 23.7 Å². The minimum absolute atomic E-state index is 0.271. The fourth-order valence-corrected chi connectivity index (χ4v) is 2.22. The smallest absolute Gasteiger partial charge is 0.129 e. The molecule has 1 heterocycles. The Morgan fingerprint density at radius 1 is 1.50 bits per heavy atom. The summed E-state index contributed by atoms with van der Waals surface area (Å²) in [4.78, 5) is 2.07. The summed E-state index contributed by atoms with van der Waals surface area (Å²) in [6.07, 6.45) is 1.54. The van der Waals surface area contributed by atoms with Crippen LogP contribution in [0.5, 0.6) is 0 Å². The standard InChI is InChI=1S/C12H15ClFNO/c13-10-4-3-9(12(14)6-10)7-15-5-1-2-11(16)8-15/h3-4,6,11,16H,1-2,5,7-8H2/t11-/m1/s1. The molecule has 0 bridgehead atoms. The van der Waals surface area contributed by atoms with Crippen molar-refractivity contribution < 1.29 is 9.50 Å². The molecule has 0 amide bonds. The third kappa shape index (κ3) is 2.94. The molecule has 1 aromatic carbocycles. The minimum Gasteiger partial charge on any atom is -0.392 e. The fraction of sp³-hybridized carbons (Fsp3) is 0.500. The second-order valence-electron chi connectivity index (χ2n) is 4.27. The molecule has 2 rings (SSSR count). The van der Waals surface area contributed by atoms with Gasteiger partial charge in [0.05, 0.1) is 6.10 Å². The van der Waals surface area contributed by atoms with Gasteiger partial charge < -0.3 is 5.11 Å². The van der Waals surface area contributed by atoms with E-state index in [4.69, 9.17) is 11.6 Å². The van der Waals surface area contributed by atoms with Gasteiger partial charge >= 0.3 is 0 Å². The van der Waals surface area contributed by atoms with E-state index in [2.05, 4.69) is 4.90 Å². The zero-order chi connectivity index (χ0) is 11.5. The number of halogens is 2. The maximum absolute atomic E-state index is 13.5. The number of aliphatic hydroxyl groups is 1. The summed E-state index contributed by atoms with van der Waals surface area (Å²) >= 11 is 5.69. The highest BCUT2D eigenvalue weighted by Crippen LogP contribution is 2.18. The Morgan fingerprint density at radius 3 is 3.00 bits per heavy atom. The van der Waals surface area contributed by atoms with Crippen LogP contribution in [-0.2, 0) is 6.54 Å². The highest BCUT2D eigenvalue weighted by Gasteiger charge is 2.18. The van der Waals surface area contributed by atoms with Crippen molar-refractivity contribution in [1.29, 1.82) is 0 Å². The van der Waals surface area contributed by atoms with Crippen LogP contribution in [0.4, 0.5) is 4.39 Å². The lowest BCUT2D eigenvalue weighted by Gasteiger charge is -2.30. The minimum atomic E-state index is -0.274. The highest BCUT2D eigenvalue weighted by molar-refractivity contribution is 6.30. The van der Waals surface area contributed by atoms with Crippen LogP contribution in [-0.4, -0.2) is 29.2 Å². The van der Waals surface area contributed by atoms with E-state index in [1.165, 1.54) is 6.07 Å². The number of aliphatic hydroxyl groups excluding tert-OH is 1. The Kier molecular flexibility index (Phi) is 3.79. The van der Waals surface area contributed by atoms with E-state index in [0.29, 0.717) is 23.7 Å². The number of likely N-dealkylation sites (tertiary alicyclic amines) is 1. The first kappa shape index (κ1) is 11.8. The molecule has 0 radical (unpaired) electrons. The number of nitrogens with zero attached hydrogens (tertiary/aromatic N) is 1. The van der Waals surface area contributed by atoms with E-state index in [1.807, 2.05) is 0 Å². The third-order valence-electron chi connectivity index (χ3n) is 2.89. The van der Waals surface area contributed by atoms with E-state index < -0.39 is 0 Å². The Hall–Kier alpha value is -0.640. The number of hydrogen-bond acceptors (Lipinski definition) is 2. The molecule has 1 N–H and O–H groups in total. The van der Waals surface area contributed by atoms with Gasteiger partial charge in [0.15, 0.2) is 0 Å². The van der Waals surface area contributed by atoms with Gasteiger partial charge in [-0.05, 0) is 31.5 Å². The van der Waals surface area contributed by atoms with Crippen molar-refractivity contribution in [1.82, 2.24) is 4.90 Å². The summed E-state index contributed by atoms with van der Waals surface area (Å²) in [5.74, 6) is -0.271. The van der Waals surface area contributed by atoms with Gasteiger partial charge in [0.2, 0.25) is 0 Å². The van der Waals surface area contributed by atoms with Gasteiger partial charge in [-0.15, -0.1) is 0 Å². The Balaban J connectivity index is 2.02. The lowest BCUT2D eigenvalue weighted by atomic mass is 10.1. The zero-order valence-electron chi connectivity index (χ0n) is 9.00. The van der Waals surface area contributed by atoms with Crippen molar-refractivity contribution in [2.75, 3.05) is 13.1 Å². The molecule has 1 saturated heterocycles. The van der Waals surface area contributed by atoms with E-state index in [1.54, 1.807) is 12.1 Å². The average molecular weight is 244 g/mol. The zero-order valence-corrected chi connectivity index (χ0v) is 9.75. The number of piperidine rings is 1. The number of hydrogen-bond donors (Lipinski definition) is 1. The Morgan fingerprint density at radius 2 is 2.31 bits per heavy atom. The van der Waals surface area contributed by atoms with Gasteiger partial charge in [-0.3, -0.25) is 4.90 Å². The Labute approximate surface area is 99.6 Å². The molecule has 1 aliphatic rings. The molecule has 0 spiro atoms. The molecular formula is C12H15ClFNO. The van der Waals surface area contributed by atoms with Gasteiger partial charge in [-0.2, -0.15) is 0 Å². The third-order valence-corrected chi connectivity index (χ3v) is 3.12. The molecule has 1 fully saturated rings. The first-order valence-electron chi connectivity index (χ1n) is 5.49. The molecule has 0 saturated carbocycles. The van der Waals surface area contributed by atoms with Gasteiger partial charge in [-0.1, -0.05) is 17.7 Å². The Bertz CT molecular complexity index is 372. The summed E-state index contributed by atoms with van der Waals surface area (Å²) in [5.41, 5.74) is 0.638. The predicted molar refractivity (Wildman–Crippen MR) is 61.9 cm³/mol. The van der Waals surface area contributed by atoms with Crippen LogP contribution in [0, 0.1) is 5.82 Å². The largest absolute Gasteiger partial charge is 0.392 e. The molecule has 88 valence electrons. The average Bonchev–Trinajstić information content (AvgIpc) is 2.22. The quantitative estimate of drug-likeness (QED) is 0.863. The SMILES string of the molecule is O[C@@H]1CCCN(Cc2ccc(Cl)cc2F)C1. The molecular weight excluding hydrogens is 229 g/mol. The van der Waals surface area contributed by atoms with Gasteiger partial charge in [0.25, 0.3) is 0 Å². The lowest BCUT2D eigenvalue weighted by Crippen LogP contribution is -2.37. The molecule has 1 aromatic rings. The van der Waals surface area contributed by atoms with Crippen LogP contribution in [0.25, 0.3) is 0 Å². The second kappa shape index (κ2) is 5.13. The van der Waals surface area contributed by atoms with E-state index in [0.717, 1.165) is 19.4 Å². The summed E-state index contributed by atoms with van der Waals surface area (Å²) in [6, 6.07) is 4.73. The first-order valence-corrected chi connectivity index (χ1v) is 5.87. The number of β-amino-alcohol motifs (C(OH)–C–C–N with tert-alkyl or cyclic N) is 1. The maximum Gasteiger partial charge on any atom is 0.129 e. The first-order chi connectivity index (χ1) is 7.65. The lowest BCUT2D eigenvalue weighted by molar-refractivity contribution is 0.0663. The van der Waals surface area contributed by atoms with Gasteiger partial charge in [0.1, 0.15) is 5.82 Å². The van der Waals surface area contributed by atoms with Crippen molar-refractivity contribution >= 4 is 11.6 Å². The molecule has 1 atom stereocenters. The molecule has 0 aliphatic carbocycles. The highest BCUT2D eigenvalue weighted by atomic mass is 35.5. The van der Waals surface area contributed by atoms with E-state index in [-0.39, 0.29) is 11.9 Å². The predicted octanol–water partition coefficient (Wildman–Crippen LogP) is 2.44. The molecule has 16 heavy (non-hydrogen) atoms. The molecule has 2 nitrogen and oxygen atoms in total. The van der Waals surface area contributed by atoms with Crippen molar-refractivity contribution in [2.45, 2.75) is 25.5 Å². The van der Waals surface area contributed by atoms with Crippen LogP contribution < -0.4 is 0 Å². The number of benzene rings is 1. The summed E-state index contributed by atoms with van der Waals surface area (Å²) in [6.45, 7) is 2.08. The van der Waals surface area contributed by atoms with Crippen LogP contribution >= 0.6 is 11.6 Å². The topological polar surface area (TPSA) is 23.5 Å². The van der Waals surface area contributed by atoms with Crippen LogP contribution in [0.3, 0.4) is 0 Å². The van der Waals surface area contributed by atoms with Crippen LogP contribution in [0.1, 0.15) is 18.4 Å². The van der Waals surface area contributed by atoms with Crippen LogP contribution in [0.2, 0.25) is 5.02 Å².